The van der Waals surface area contributed by atoms with Crippen molar-refractivity contribution in [2.75, 3.05) is 5.32 Å². The summed E-state index contributed by atoms with van der Waals surface area (Å²) in [6, 6.07) is 13.6. The van der Waals surface area contributed by atoms with Crippen LogP contribution in [-0.4, -0.2) is 16.9 Å². The molecule has 0 bridgehead atoms. The van der Waals surface area contributed by atoms with E-state index in [1.54, 1.807) is 18.3 Å². The molecule has 1 amide bonds. The fourth-order valence-electron chi connectivity index (χ4n) is 1.81. The zero-order chi connectivity index (χ0) is 13.1. The summed E-state index contributed by atoms with van der Waals surface area (Å²) in [5.41, 5.74) is 1.59. The molecule has 0 saturated heterocycles. The number of benzene rings is 1. The first-order valence-electron chi connectivity index (χ1n) is 6.40. The van der Waals surface area contributed by atoms with Crippen molar-refractivity contribution in [1.29, 1.82) is 0 Å². The minimum Gasteiger partial charge on any atom is -0.349 e. The van der Waals surface area contributed by atoms with E-state index in [1.165, 1.54) is 0 Å². The molecule has 0 atom stereocenters. The first-order valence-corrected chi connectivity index (χ1v) is 6.40. The molecule has 1 aromatic heterocycles. The van der Waals surface area contributed by atoms with E-state index >= 15 is 0 Å². The van der Waals surface area contributed by atoms with Crippen LogP contribution >= 0.6 is 0 Å². The molecular weight excluding hydrogens is 238 g/mol. The highest BCUT2D eigenvalue weighted by molar-refractivity contribution is 5.95. The van der Waals surface area contributed by atoms with Crippen LogP contribution in [0.5, 0.6) is 0 Å². The average Bonchev–Trinajstić information content (AvgIpc) is 3.24. The molecule has 1 aliphatic carbocycles. The summed E-state index contributed by atoms with van der Waals surface area (Å²) in [5.74, 6) is 0.649. The van der Waals surface area contributed by atoms with Gasteiger partial charge in [-0.3, -0.25) is 4.79 Å². The summed E-state index contributed by atoms with van der Waals surface area (Å²) in [5, 5.41) is 6.14. The lowest BCUT2D eigenvalue weighted by Crippen LogP contribution is -2.25. The first kappa shape index (κ1) is 11.7. The van der Waals surface area contributed by atoms with Crippen LogP contribution < -0.4 is 10.6 Å². The minimum atomic E-state index is -0.0268. The van der Waals surface area contributed by atoms with Gasteiger partial charge in [-0.05, 0) is 37.1 Å². The largest absolute Gasteiger partial charge is 0.349 e. The molecule has 0 spiro atoms. The van der Waals surface area contributed by atoms with Gasteiger partial charge in [-0.15, -0.1) is 0 Å². The van der Waals surface area contributed by atoms with E-state index in [-0.39, 0.29) is 5.91 Å². The number of carbonyl (C=O) groups excluding carboxylic acids is 1. The van der Waals surface area contributed by atoms with Crippen molar-refractivity contribution in [1.82, 2.24) is 10.3 Å². The van der Waals surface area contributed by atoms with Gasteiger partial charge < -0.3 is 10.6 Å². The van der Waals surface area contributed by atoms with Crippen molar-refractivity contribution in [3.05, 3.63) is 54.2 Å². The molecular formula is C15H15N3O. The van der Waals surface area contributed by atoms with Crippen LogP contribution in [-0.2, 0) is 0 Å². The van der Waals surface area contributed by atoms with Crippen LogP contribution in [0.15, 0.2) is 48.7 Å². The fraction of sp³-hybridized carbons (Fsp3) is 0.200. The Morgan fingerprint density at radius 3 is 2.68 bits per heavy atom. The van der Waals surface area contributed by atoms with Crippen LogP contribution in [0, 0.1) is 0 Å². The van der Waals surface area contributed by atoms with Gasteiger partial charge in [0.05, 0.1) is 0 Å². The minimum absolute atomic E-state index is 0.0268. The second-order valence-electron chi connectivity index (χ2n) is 4.67. The molecule has 1 aliphatic rings. The standard InChI is InChI=1S/C15H15N3O/c19-15(18-13-6-7-13)11-8-9-16-14(10-11)17-12-4-2-1-3-5-12/h1-5,8-10,13H,6-7H2,(H,16,17)(H,18,19). The van der Waals surface area contributed by atoms with E-state index in [9.17, 15) is 4.79 Å². The zero-order valence-corrected chi connectivity index (χ0v) is 10.5. The Hall–Kier alpha value is -2.36. The molecule has 4 heteroatoms. The summed E-state index contributed by atoms with van der Waals surface area (Å²) in [4.78, 5) is 16.2. The van der Waals surface area contributed by atoms with Gasteiger partial charge in [0.2, 0.25) is 0 Å². The van der Waals surface area contributed by atoms with Crippen molar-refractivity contribution >= 4 is 17.4 Å². The zero-order valence-electron chi connectivity index (χ0n) is 10.5. The maximum absolute atomic E-state index is 11.9. The summed E-state index contributed by atoms with van der Waals surface area (Å²) in [6.45, 7) is 0. The number of pyridine rings is 1. The summed E-state index contributed by atoms with van der Waals surface area (Å²) in [7, 11) is 0. The predicted octanol–water partition coefficient (Wildman–Crippen LogP) is 2.72. The molecule has 4 nitrogen and oxygen atoms in total. The van der Waals surface area contributed by atoms with Gasteiger partial charge in [-0.1, -0.05) is 18.2 Å². The Morgan fingerprint density at radius 1 is 1.16 bits per heavy atom. The number of rotatable bonds is 4. The van der Waals surface area contributed by atoms with Gasteiger partial charge >= 0.3 is 0 Å². The van der Waals surface area contributed by atoms with Crippen LogP contribution in [0.3, 0.4) is 0 Å². The topological polar surface area (TPSA) is 54.0 Å². The number of aromatic nitrogens is 1. The van der Waals surface area contributed by atoms with Crippen LogP contribution in [0.25, 0.3) is 0 Å². The summed E-state index contributed by atoms with van der Waals surface area (Å²) < 4.78 is 0. The number of para-hydroxylation sites is 1. The Morgan fingerprint density at radius 2 is 1.95 bits per heavy atom. The first-order chi connectivity index (χ1) is 9.31. The summed E-state index contributed by atoms with van der Waals surface area (Å²) >= 11 is 0. The third-order valence-corrected chi connectivity index (χ3v) is 2.98. The van der Waals surface area contributed by atoms with Gasteiger partial charge in [-0.2, -0.15) is 0 Å². The van der Waals surface area contributed by atoms with Gasteiger partial charge in [0.25, 0.3) is 5.91 Å². The number of nitrogens with one attached hydrogen (secondary N) is 2. The third-order valence-electron chi connectivity index (χ3n) is 2.98. The lowest BCUT2D eigenvalue weighted by atomic mass is 10.2. The Balaban J connectivity index is 1.73. The normalized spacial score (nSPS) is 13.9. The van der Waals surface area contributed by atoms with E-state index in [0.29, 0.717) is 17.4 Å². The summed E-state index contributed by atoms with van der Waals surface area (Å²) in [6.07, 6.45) is 3.82. The molecule has 0 radical (unpaired) electrons. The molecule has 96 valence electrons. The van der Waals surface area contributed by atoms with Crippen LogP contribution in [0.4, 0.5) is 11.5 Å². The number of nitrogens with zero attached hydrogens (tertiary/aromatic N) is 1. The number of anilines is 2. The molecule has 2 aromatic rings. The highest BCUT2D eigenvalue weighted by Gasteiger charge is 2.23. The SMILES string of the molecule is O=C(NC1CC1)c1ccnc(Nc2ccccc2)c1. The molecule has 1 aromatic carbocycles. The maximum atomic E-state index is 11.9. The number of amides is 1. The molecule has 3 rings (SSSR count). The van der Waals surface area contributed by atoms with Crippen molar-refractivity contribution in [3.8, 4) is 0 Å². The van der Waals surface area contributed by atoms with E-state index < -0.39 is 0 Å². The van der Waals surface area contributed by atoms with Crippen molar-refractivity contribution in [3.63, 3.8) is 0 Å². The van der Waals surface area contributed by atoms with Crippen LogP contribution in [0.1, 0.15) is 23.2 Å². The van der Waals surface area contributed by atoms with Gasteiger partial charge in [0, 0.05) is 23.5 Å². The van der Waals surface area contributed by atoms with Crippen LogP contribution in [0.2, 0.25) is 0 Å². The molecule has 0 unspecified atom stereocenters. The maximum Gasteiger partial charge on any atom is 0.251 e. The smallest absolute Gasteiger partial charge is 0.251 e. The molecule has 19 heavy (non-hydrogen) atoms. The average molecular weight is 253 g/mol. The Bertz CT molecular complexity index is 579. The van der Waals surface area contributed by atoms with Gasteiger partial charge in [0.1, 0.15) is 5.82 Å². The number of carbonyl (C=O) groups is 1. The molecule has 0 aliphatic heterocycles. The second kappa shape index (κ2) is 5.10. The highest BCUT2D eigenvalue weighted by atomic mass is 16.1. The second-order valence-corrected chi connectivity index (χ2v) is 4.67. The fourth-order valence-corrected chi connectivity index (χ4v) is 1.81. The van der Waals surface area contributed by atoms with Crippen molar-refractivity contribution < 1.29 is 4.79 Å². The number of hydrogen-bond acceptors (Lipinski definition) is 3. The molecule has 1 saturated carbocycles. The monoisotopic (exact) mass is 253 g/mol. The molecule has 1 fully saturated rings. The predicted molar refractivity (Wildman–Crippen MR) is 74.4 cm³/mol. The Labute approximate surface area is 111 Å². The lowest BCUT2D eigenvalue weighted by Gasteiger charge is -2.07. The van der Waals surface area contributed by atoms with Crippen molar-refractivity contribution in [2.24, 2.45) is 0 Å². The quantitative estimate of drug-likeness (QED) is 0.880. The van der Waals surface area contributed by atoms with E-state index in [1.807, 2.05) is 30.3 Å². The lowest BCUT2D eigenvalue weighted by molar-refractivity contribution is 0.0951. The molecule has 1 heterocycles. The molecule has 2 N–H and O–H groups in total. The van der Waals surface area contributed by atoms with Gasteiger partial charge in [-0.25, -0.2) is 4.98 Å². The van der Waals surface area contributed by atoms with E-state index in [2.05, 4.69) is 15.6 Å². The van der Waals surface area contributed by atoms with Crippen molar-refractivity contribution in [2.45, 2.75) is 18.9 Å². The van der Waals surface area contributed by atoms with E-state index in [4.69, 9.17) is 0 Å². The third kappa shape index (κ3) is 3.10. The van der Waals surface area contributed by atoms with E-state index in [0.717, 1.165) is 18.5 Å². The number of hydrogen-bond donors (Lipinski definition) is 2. The highest BCUT2D eigenvalue weighted by Crippen LogP contribution is 2.20. The Kier molecular flexibility index (Phi) is 3.14. The van der Waals surface area contributed by atoms with Gasteiger partial charge in [0.15, 0.2) is 0 Å².